The number of aliphatic hydroxyl groups is 4. The Morgan fingerprint density at radius 1 is 1.17 bits per heavy atom. The van der Waals surface area contributed by atoms with Crippen LogP contribution in [-0.4, -0.2) is 113 Å². The first kappa shape index (κ1) is 28.4. The summed E-state index contributed by atoms with van der Waals surface area (Å²) in [5, 5.41) is 60.7. The van der Waals surface area contributed by atoms with Crippen molar-refractivity contribution in [2.75, 3.05) is 6.61 Å². The third-order valence-electron chi connectivity index (χ3n) is 5.10. The lowest BCUT2D eigenvalue weighted by Crippen LogP contribution is -2.60. The number of aromatic nitrogens is 2. The highest BCUT2D eigenvalue weighted by atomic mass is 16.6. The summed E-state index contributed by atoms with van der Waals surface area (Å²) in [5.41, 5.74) is 6.72. The molecule has 19 heteroatoms. The molecule has 2 amide bonds. The second-order valence-electron chi connectivity index (χ2n) is 7.53. The molecule has 1 aliphatic heterocycles. The van der Waals surface area contributed by atoms with Gasteiger partial charge >= 0.3 is 23.7 Å². The van der Waals surface area contributed by atoms with Crippen LogP contribution in [0.1, 0.15) is 16.6 Å². The smallest absolute Gasteiger partial charge is 0.404 e. The SMILES string of the molecule is NC(=O)OC[C@H](O)[C@@H](O)[C@H](N)C(=O)NC(C(=O)O)[C@H]1O[C@@H](n2cc(C(=O)O)c(=O)[nH]c2=O)C(O)C1O. The highest BCUT2D eigenvalue weighted by Gasteiger charge is 2.50. The molecule has 0 bridgehead atoms. The molecule has 19 nitrogen and oxygen atoms in total. The molecule has 1 saturated heterocycles. The standard InChI is InChI=1S/C17H23N5O14/c18-5(7(24)4(23)2-35-16(19)33)12(28)20-6(15(31)32)10-8(25)9(26)13(36-10)22-1-3(14(29)30)11(27)21-17(22)34/h1,4-10,13,23-26H,2,18H2,(H2,19,33)(H,20,28)(H,29,30)(H,31,32)(H,21,27,34)/t4-,5-,6?,7+,8?,9?,10+,13+/m0/s1. The van der Waals surface area contributed by atoms with Crippen LogP contribution in [0, 0.1) is 0 Å². The maximum atomic E-state index is 12.4. The zero-order valence-corrected chi connectivity index (χ0v) is 18.0. The molecule has 1 fully saturated rings. The Morgan fingerprint density at radius 3 is 2.31 bits per heavy atom. The lowest BCUT2D eigenvalue weighted by Gasteiger charge is -2.27. The zero-order valence-electron chi connectivity index (χ0n) is 18.0. The van der Waals surface area contributed by atoms with Gasteiger partial charge in [-0.3, -0.25) is 19.1 Å². The van der Waals surface area contributed by atoms with Gasteiger partial charge < -0.3 is 56.9 Å². The molecule has 1 aromatic heterocycles. The fraction of sp³-hybridized carbons (Fsp3) is 0.529. The number of primary amides is 1. The van der Waals surface area contributed by atoms with E-state index in [1.807, 2.05) is 5.32 Å². The number of nitrogens with one attached hydrogen (secondary N) is 2. The van der Waals surface area contributed by atoms with E-state index in [4.69, 9.17) is 21.3 Å². The molecule has 2 rings (SSSR count). The van der Waals surface area contributed by atoms with E-state index in [9.17, 15) is 54.3 Å². The highest BCUT2D eigenvalue weighted by Crippen LogP contribution is 2.30. The quantitative estimate of drug-likeness (QED) is 0.137. The van der Waals surface area contributed by atoms with E-state index < -0.39 is 96.2 Å². The molecule has 0 saturated carbocycles. The lowest BCUT2D eigenvalue weighted by molar-refractivity contribution is -0.150. The Balaban J connectivity index is 2.25. The topological polar surface area (TPSA) is 327 Å². The van der Waals surface area contributed by atoms with Crippen molar-refractivity contribution in [2.24, 2.45) is 11.5 Å². The van der Waals surface area contributed by atoms with Crippen molar-refractivity contribution in [3.63, 3.8) is 0 Å². The van der Waals surface area contributed by atoms with Gasteiger partial charge in [-0.2, -0.15) is 0 Å². The molecular weight excluding hydrogens is 498 g/mol. The number of hydrogen-bond acceptors (Lipinski definition) is 13. The Labute approximate surface area is 198 Å². The minimum absolute atomic E-state index is 0.393. The maximum Gasteiger partial charge on any atom is 0.404 e. The number of nitrogens with two attached hydrogens (primary N) is 2. The summed E-state index contributed by atoms with van der Waals surface area (Å²) in [6.45, 7) is -0.857. The van der Waals surface area contributed by atoms with Crippen molar-refractivity contribution in [1.82, 2.24) is 14.9 Å². The van der Waals surface area contributed by atoms with Crippen LogP contribution in [0.4, 0.5) is 4.79 Å². The van der Waals surface area contributed by atoms with Crippen LogP contribution in [0.25, 0.3) is 0 Å². The average Bonchev–Trinajstić information content (AvgIpc) is 3.08. The van der Waals surface area contributed by atoms with Crippen molar-refractivity contribution >= 4 is 23.9 Å². The number of H-pyrrole nitrogens is 1. The number of carboxylic acids is 2. The number of aromatic carboxylic acids is 1. The summed E-state index contributed by atoms with van der Waals surface area (Å²) >= 11 is 0. The summed E-state index contributed by atoms with van der Waals surface area (Å²) < 4.78 is 9.88. The predicted octanol–water partition coefficient (Wildman–Crippen LogP) is -6.43. The van der Waals surface area contributed by atoms with Crippen LogP contribution in [-0.2, 0) is 19.1 Å². The van der Waals surface area contributed by atoms with Crippen molar-refractivity contribution in [3.05, 3.63) is 32.6 Å². The van der Waals surface area contributed by atoms with E-state index in [-0.39, 0.29) is 0 Å². The lowest BCUT2D eigenvalue weighted by atomic mass is 10.0. The first-order chi connectivity index (χ1) is 16.7. The summed E-state index contributed by atoms with van der Waals surface area (Å²) in [5.74, 6) is -4.98. The minimum atomic E-state index is -2.16. The van der Waals surface area contributed by atoms with Gasteiger partial charge in [-0.1, -0.05) is 0 Å². The Bertz CT molecular complexity index is 1130. The fourth-order valence-electron chi connectivity index (χ4n) is 3.21. The van der Waals surface area contributed by atoms with Crippen molar-refractivity contribution < 1.29 is 59.3 Å². The average molecular weight is 521 g/mol. The van der Waals surface area contributed by atoms with E-state index in [0.29, 0.717) is 10.8 Å². The first-order valence-electron chi connectivity index (χ1n) is 9.84. The first-order valence-corrected chi connectivity index (χ1v) is 9.84. The molecule has 0 radical (unpaired) electrons. The molecule has 1 aromatic rings. The Hall–Kier alpha value is -3.88. The molecule has 1 aliphatic rings. The molecule has 0 aromatic carbocycles. The van der Waals surface area contributed by atoms with Crippen LogP contribution in [0.5, 0.6) is 0 Å². The molecule has 36 heavy (non-hydrogen) atoms. The number of aromatic amines is 1. The Morgan fingerprint density at radius 2 is 1.78 bits per heavy atom. The van der Waals surface area contributed by atoms with Gasteiger partial charge in [0.05, 0.1) is 0 Å². The second kappa shape index (κ2) is 11.2. The number of ether oxygens (including phenoxy) is 2. The van der Waals surface area contributed by atoms with Crippen molar-refractivity contribution in [2.45, 2.75) is 48.8 Å². The predicted molar refractivity (Wildman–Crippen MR) is 109 cm³/mol. The number of aliphatic carboxylic acids is 1. The van der Waals surface area contributed by atoms with Crippen LogP contribution >= 0.6 is 0 Å². The fourth-order valence-corrected chi connectivity index (χ4v) is 3.21. The normalized spacial score (nSPS) is 24.8. The molecule has 0 spiro atoms. The highest BCUT2D eigenvalue weighted by molar-refractivity contribution is 5.88. The number of amides is 2. The van der Waals surface area contributed by atoms with E-state index in [1.165, 1.54) is 0 Å². The largest absolute Gasteiger partial charge is 0.480 e. The molecule has 8 atom stereocenters. The number of carbonyl (C=O) groups is 4. The van der Waals surface area contributed by atoms with Crippen LogP contribution in [0.2, 0.25) is 0 Å². The van der Waals surface area contributed by atoms with Gasteiger partial charge in [0.15, 0.2) is 12.3 Å². The van der Waals surface area contributed by atoms with Gasteiger partial charge in [-0.25, -0.2) is 19.2 Å². The third kappa shape index (κ3) is 6.02. The summed E-state index contributed by atoms with van der Waals surface area (Å²) in [6.07, 6.45) is -12.8. The zero-order chi connectivity index (χ0) is 27.5. The number of aliphatic hydroxyl groups excluding tert-OH is 4. The Kier molecular flexibility index (Phi) is 8.85. The minimum Gasteiger partial charge on any atom is -0.480 e. The van der Waals surface area contributed by atoms with E-state index in [1.54, 1.807) is 4.98 Å². The maximum absolute atomic E-state index is 12.4. The molecule has 0 aliphatic carbocycles. The van der Waals surface area contributed by atoms with Crippen LogP contribution < -0.4 is 28.0 Å². The molecule has 2 heterocycles. The number of carboxylic acid groups (broad SMARTS) is 2. The van der Waals surface area contributed by atoms with Crippen molar-refractivity contribution in [1.29, 1.82) is 0 Å². The van der Waals surface area contributed by atoms with Crippen LogP contribution in [0.3, 0.4) is 0 Å². The summed E-state index contributed by atoms with van der Waals surface area (Å²) in [7, 11) is 0. The monoisotopic (exact) mass is 521 g/mol. The van der Waals surface area contributed by atoms with E-state index in [0.717, 1.165) is 0 Å². The van der Waals surface area contributed by atoms with Gasteiger partial charge in [-0.05, 0) is 0 Å². The van der Waals surface area contributed by atoms with Crippen molar-refractivity contribution in [3.8, 4) is 0 Å². The van der Waals surface area contributed by atoms with Gasteiger partial charge in [0, 0.05) is 6.20 Å². The van der Waals surface area contributed by atoms with Gasteiger partial charge in [0.2, 0.25) is 5.91 Å². The van der Waals surface area contributed by atoms with Gasteiger partial charge in [0.25, 0.3) is 5.56 Å². The number of carbonyl (C=O) groups excluding carboxylic acids is 2. The second-order valence-corrected chi connectivity index (χ2v) is 7.53. The number of nitrogens with zero attached hydrogens (tertiary/aromatic N) is 1. The van der Waals surface area contributed by atoms with Crippen LogP contribution in [0.15, 0.2) is 15.8 Å². The van der Waals surface area contributed by atoms with Gasteiger partial charge in [-0.15, -0.1) is 0 Å². The number of rotatable bonds is 10. The summed E-state index contributed by atoms with van der Waals surface area (Å²) in [6, 6.07) is -4.17. The number of hydrogen-bond donors (Lipinski definition) is 10. The third-order valence-corrected chi connectivity index (χ3v) is 5.10. The van der Waals surface area contributed by atoms with E-state index in [2.05, 4.69) is 4.74 Å². The molecule has 12 N–H and O–H groups in total. The van der Waals surface area contributed by atoms with Gasteiger partial charge in [0.1, 0.15) is 48.7 Å². The summed E-state index contributed by atoms with van der Waals surface area (Å²) in [4.78, 5) is 71.3. The molecule has 3 unspecified atom stereocenters. The molecular formula is C17H23N5O14. The van der Waals surface area contributed by atoms with E-state index >= 15 is 0 Å². The molecule has 200 valence electrons.